The summed E-state index contributed by atoms with van der Waals surface area (Å²) >= 11 is 3.49. The van der Waals surface area contributed by atoms with Crippen LogP contribution >= 0.6 is 15.9 Å². The summed E-state index contributed by atoms with van der Waals surface area (Å²) in [5, 5.41) is 10.1. The van der Waals surface area contributed by atoms with Gasteiger partial charge in [0.1, 0.15) is 5.75 Å². The Kier molecular flexibility index (Phi) is 4.77. The highest BCUT2D eigenvalue weighted by molar-refractivity contribution is 9.10. The topological polar surface area (TPSA) is 26.7 Å². The highest BCUT2D eigenvalue weighted by atomic mass is 79.9. The molecule has 112 valence electrons. The summed E-state index contributed by atoms with van der Waals surface area (Å²) in [6.45, 7) is 13.2. The third kappa shape index (κ3) is 3.54. The number of rotatable bonds is 2. The van der Waals surface area contributed by atoms with E-state index in [1.54, 1.807) is 6.07 Å². The van der Waals surface area contributed by atoms with Crippen LogP contribution in [0.3, 0.4) is 0 Å². The van der Waals surface area contributed by atoms with Crippen LogP contribution in [-0.4, -0.2) is 46.6 Å². The Morgan fingerprint density at radius 3 is 2.30 bits per heavy atom. The Morgan fingerprint density at radius 1 is 1.15 bits per heavy atom. The molecule has 0 saturated carbocycles. The zero-order valence-electron chi connectivity index (χ0n) is 12.9. The lowest BCUT2D eigenvalue weighted by molar-refractivity contribution is 0.0449. The Labute approximate surface area is 130 Å². The standard InChI is InChI=1S/C16H25BrN2O/c1-12(14-11-13(17)5-6-15(14)20)18-7-9-19(10-8-18)16(2,3)4/h5-6,11-12,20H,7-10H2,1-4H3. The zero-order valence-corrected chi connectivity index (χ0v) is 14.4. The Bertz CT molecular complexity index is 462. The summed E-state index contributed by atoms with van der Waals surface area (Å²) in [5.74, 6) is 0.388. The van der Waals surface area contributed by atoms with E-state index < -0.39 is 0 Å². The minimum absolute atomic E-state index is 0.243. The molecule has 0 bridgehead atoms. The van der Waals surface area contributed by atoms with Crippen LogP contribution in [-0.2, 0) is 0 Å². The summed E-state index contributed by atoms with van der Waals surface area (Å²) in [7, 11) is 0. The lowest BCUT2D eigenvalue weighted by atomic mass is 10.0. The minimum Gasteiger partial charge on any atom is -0.508 e. The van der Waals surface area contributed by atoms with Crippen molar-refractivity contribution in [1.82, 2.24) is 9.80 Å². The fraction of sp³-hybridized carbons (Fsp3) is 0.625. The van der Waals surface area contributed by atoms with Crippen molar-refractivity contribution in [2.24, 2.45) is 0 Å². The SMILES string of the molecule is CC(c1cc(Br)ccc1O)N1CCN(C(C)(C)C)CC1. The number of benzene rings is 1. The highest BCUT2D eigenvalue weighted by Crippen LogP contribution is 2.32. The minimum atomic E-state index is 0.243. The number of phenolic OH excluding ortho intramolecular Hbond substituents is 1. The predicted molar refractivity (Wildman–Crippen MR) is 87.1 cm³/mol. The second-order valence-corrected chi connectivity index (χ2v) is 7.49. The summed E-state index contributed by atoms with van der Waals surface area (Å²) in [6, 6.07) is 5.91. The molecule has 0 aromatic heterocycles. The quantitative estimate of drug-likeness (QED) is 0.890. The second kappa shape index (κ2) is 6.04. The number of hydrogen-bond acceptors (Lipinski definition) is 3. The molecule has 1 heterocycles. The normalized spacial score (nSPS) is 20.1. The van der Waals surface area contributed by atoms with E-state index in [1.165, 1.54) is 0 Å². The zero-order chi connectivity index (χ0) is 14.9. The molecule has 1 saturated heterocycles. The van der Waals surface area contributed by atoms with Gasteiger partial charge in [0.2, 0.25) is 0 Å². The fourth-order valence-electron chi connectivity index (χ4n) is 2.84. The maximum atomic E-state index is 10.1. The third-order valence-corrected chi connectivity index (χ3v) is 4.74. The van der Waals surface area contributed by atoms with E-state index in [-0.39, 0.29) is 11.6 Å². The van der Waals surface area contributed by atoms with Crippen LogP contribution in [0.4, 0.5) is 0 Å². The Balaban J connectivity index is 2.05. The largest absolute Gasteiger partial charge is 0.508 e. The van der Waals surface area contributed by atoms with Crippen LogP contribution < -0.4 is 0 Å². The van der Waals surface area contributed by atoms with E-state index >= 15 is 0 Å². The van der Waals surface area contributed by atoms with E-state index in [0.717, 1.165) is 36.2 Å². The van der Waals surface area contributed by atoms with Gasteiger partial charge in [0, 0.05) is 47.8 Å². The van der Waals surface area contributed by atoms with Gasteiger partial charge in [-0.05, 0) is 45.9 Å². The predicted octanol–water partition coefficient (Wildman–Crippen LogP) is 3.63. The van der Waals surface area contributed by atoms with Crippen LogP contribution in [0.5, 0.6) is 5.75 Å². The molecule has 1 fully saturated rings. The van der Waals surface area contributed by atoms with Crippen molar-refractivity contribution in [3.05, 3.63) is 28.2 Å². The molecule has 0 aliphatic carbocycles. The molecule has 2 rings (SSSR count). The van der Waals surface area contributed by atoms with Crippen LogP contribution in [0.1, 0.15) is 39.3 Å². The van der Waals surface area contributed by atoms with Crippen molar-refractivity contribution in [2.45, 2.75) is 39.3 Å². The number of aromatic hydroxyl groups is 1. The number of phenols is 1. The van der Waals surface area contributed by atoms with Gasteiger partial charge < -0.3 is 5.11 Å². The number of hydrogen-bond donors (Lipinski definition) is 1. The van der Waals surface area contributed by atoms with Gasteiger partial charge in [-0.2, -0.15) is 0 Å². The van der Waals surface area contributed by atoms with Gasteiger partial charge >= 0.3 is 0 Å². The molecule has 3 nitrogen and oxygen atoms in total. The molecule has 1 aromatic carbocycles. The first-order chi connectivity index (χ1) is 9.29. The smallest absolute Gasteiger partial charge is 0.120 e. The molecular formula is C16H25BrN2O. The van der Waals surface area contributed by atoms with Gasteiger partial charge in [-0.1, -0.05) is 15.9 Å². The Morgan fingerprint density at radius 2 is 1.75 bits per heavy atom. The molecule has 1 aromatic rings. The fourth-order valence-corrected chi connectivity index (χ4v) is 3.22. The van der Waals surface area contributed by atoms with Gasteiger partial charge in [0.25, 0.3) is 0 Å². The van der Waals surface area contributed by atoms with Crippen molar-refractivity contribution < 1.29 is 5.11 Å². The highest BCUT2D eigenvalue weighted by Gasteiger charge is 2.28. The molecule has 0 spiro atoms. The van der Waals surface area contributed by atoms with Crippen LogP contribution in [0.25, 0.3) is 0 Å². The lowest BCUT2D eigenvalue weighted by Gasteiger charge is -2.44. The molecule has 0 amide bonds. The van der Waals surface area contributed by atoms with E-state index in [9.17, 15) is 5.11 Å². The molecule has 1 atom stereocenters. The number of halogens is 1. The molecule has 0 radical (unpaired) electrons. The first kappa shape index (κ1) is 15.8. The van der Waals surface area contributed by atoms with Crippen LogP contribution in [0, 0.1) is 0 Å². The van der Waals surface area contributed by atoms with Gasteiger partial charge in [0.15, 0.2) is 0 Å². The second-order valence-electron chi connectivity index (χ2n) is 6.57. The molecule has 4 heteroatoms. The monoisotopic (exact) mass is 340 g/mol. The Hall–Kier alpha value is -0.580. The first-order valence-electron chi connectivity index (χ1n) is 7.26. The van der Waals surface area contributed by atoms with Crippen molar-refractivity contribution in [1.29, 1.82) is 0 Å². The van der Waals surface area contributed by atoms with E-state index in [0.29, 0.717) is 5.75 Å². The summed E-state index contributed by atoms with van der Waals surface area (Å²) in [5.41, 5.74) is 1.25. The molecular weight excluding hydrogens is 316 g/mol. The summed E-state index contributed by atoms with van der Waals surface area (Å²) < 4.78 is 1.02. The van der Waals surface area contributed by atoms with Crippen molar-refractivity contribution in [3.63, 3.8) is 0 Å². The van der Waals surface area contributed by atoms with Crippen LogP contribution in [0.15, 0.2) is 22.7 Å². The van der Waals surface area contributed by atoms with E-state index in [2.05, 4.69) is 53.4 Å². The van der Waals surface area contributed by atoms with Gasteiger partial charge in [-0.3, -0.25) is 9.80 Å². The van der Waals surface area contributed by atoms with E-state index in [4.69, 9.17) is 0 Å². The number of nitrogens with zero attached hydrogens (tertiary/aromatic N) is 2. The average Bonchev–Trinajstić information content (AvgIpc) is 2.40. The molecule has 1 N–H and O–H groups in total. The molecule has 1 aliphatic rings. The molecule has 1 unspecified atom stereocenters. The van der Waals surface area contributed by atoms with Gasteiger partial charge in [-0.25, -0.2) is 0 Å². The average molecular weight is 341 g/mol. The number of piperazine rings is 1. The van der Waals surface area contributed by atoms with Gasteiger partial charge in [0.05, 0.1) is 0 Å². The van der Waals surface area contributed by atoms with E-state index in [1.807, 2.05) is 12.1 Å². The third-order valence-electron chi connectivity index (χ3n) is 4.25. The van der Waals surface area contributed by atoms with Crippen LogP contribution in [0.2, 0.25) is 0 Å². The maximum Gasteiger partial charge on any atom is 0.120 e. The lowest BCUT2D eigenvalue weighted by Crippen LogP contribution is -2.53. The molecule has 1 aliphatic heterocycles. The first-order valence-corrected chi connectivity index (χ1v) is 8.06. The summed E-state index contributed by atoms with van der Waals surface area (Å²) in [6.07, 6.45) is 0. The summed E-state index contributed by atoms with van der Waals surface area (Å²) in [4.78, 5) is 4.97. The van der Waals surface area contributed by atoms with Crippen molar-refractivity contribution in [2.75, 3.05) is 26.2 Å². The van der Waals surface area contributed by atoms with Gasteiger partial charge in [-0.15, -0.1) is 0 Å². The van der Waals surface area contributed by atoms with Crippen molar-refractivity contribution >= 4 is 15.9 Å². The van der Waals surface area contributed by atoms with Crippen molar-refractivity contribution in [3.8, 4) is 5.75 Å². The maximum absolute atomic E-state index is 10.1. The molecule has 20 heavy (non-hydrogen) atoms.